The molecule has 1 aromatic heterocycles. The van der Waals surface area contributed by atoms with Gasteiger partial charge in [0.2, 0.25) is 0 Å². The molecule has 34 heavy (non-hydrogen) atoms. The van der Waals surface area contributed by atoms with E-state index in [0.29, 0.717) is 18.1 Å². The lowest BCUT2D eigenvalue weighted by atomic mass is 9.96. The maximum atomic E-state index is 6.51. The highest BCUT2D eigenvalue weighted by Crippen LogP contribution is 2.32. The van der Waals surface area contributed by atoms with E-state index in [1.165, 1.54) is 16.7 Å². The first kappa shape index (κ1) is 21.9. The summed E-state index contributed by atoms with van der Waals surface area (Å²) in [5.74, 6) is 1.49. The molecule has 0 aliphatic carbocycles. The zero-order valence-corrected chi connectivity index (χ0v) is 19.2. The van der Waals surface area contributed by atoms with Gasteiger partial charge in [-0.2, -0.15) is 0 Å². The van der Waals surface area contributed by atoms with Gasteiger partial charge in [-0.3, -0.25) is 4.90 Å². The van der Waals surface area contributed by atoms with Gasteiger partial charge in [0.05, 0.1) is 6.04 Å². The molecule has 5 rings (SSSR count). The molecule has 1 fully saturated rings. The normalized spacial score (nSPS) is 14.3. The number of benzene rings is 3. The topological polar surface area (TPSA) is 70.3 Å². The summed E-state index contributed by atoms with van der Waals surface area (Å²) in [4.78, 5) is 13.7. The van der Waals surface area contributed by atoms with Gasteiger partial charge < -0.3 is 16.0 Å². The first-order chi connectivity index (χ1) is 16.8. The summed E-state index contributed by atoms with van der Waals surface area (Å²) < 4.78 is 0. The Balaban J connectivity index is 1.30. The summed E-state index contributed by atoms with van der Waals surface area (Å²) in [6, 6.07) is 32.0. The summed E-state index contributed by atoms with van der Waals surface area (Å²) in [7, 11) is 0. The third-order valence-corrected chi connectivity index (χ3v) is 6.38. The van der Waals surface area contributed by atoms with Crippen molar-refractivity contribution >= 4 is 17.3 Å². The van der Waals surface area contributed by atoms with Crippen LogP contribution in [0, 0.1) is 0 Å². The number of hydrogen-bond acceptors (Lipinski definition) is 6. The molecule has 0 radical (unpaired) electrons. The van der Waals surface area contributed by atoms with E-state index in [1.807, 2.05) is 18.2 Å². The van der Waals surface area contributed by atoms with Gasteiger partial charge in [-0.05, 0) is 16.7 Å². The molecule has 172 valence electrons. The van der Waals surface area contributed by atoms with Crippen LogP contribution in [0.5, 0.6) is 0 Å². The summed E-state index contributed by atoms with van der Waals surface area (Å²) in [5.41, 5.74) is 10.9. The predicted molar refractivity (Wildman–Crippen MR) is 139 cm³/mol. The van der Waals surface area contributed by atoms with E-state index in [1.54, 1.807) is 6.33 Å². The fourth-order valence-electron chi connectivity index (χ4n) is 4.64. The van der Waals surface area contributed by atoms with Crippen LogP contribution < -0.4 is 16.0 Å². The number of nitrogens with one attached hydrogen (secondary N) is 1. The van der Waals surface area contributed by atoms with Crippen molar-refractivity contribution in [3.8, 4) is 0 Å². The largest absolute Gasteiger partial charge is 0.393 e. The highest BCUT2D eigenvalue weighted by molar-refractivity contribution is 5.75. The molecule has 3 N–H and O–H groups in total. The van der Waals surface area contributed by atoms with Crippen molar-refractivity contribution in [1.82, 2.24) is 14.9 Å². The van der Waals surface area contributed by atoms with E-state index in [-0.39, 0.29) is 6.04 Å². The van der Waals surface area contributed by atoms with Crippen LogP contribution in [0.3, 0.4) is 0 Å². The molecular formula is C28H30N6. The average Bonchev–Trinajstić information content (AvgIpc) is 2.91. The van der Waals surface area contributed by atoms with Crippen LogP contribution in [0.1, 0.15) is 22.7 Å². The second-order valence-electron chi connectivity index (χ2n) is 8.55. The number of nitrogens with zero attached hydrogens (tertiary/aromatic N) is 4. The van der Waals surface area contributed by atoms with Gasteiger partial charge in [0, 0.05) is 32.7 Å². The molecule has 1 saturated heterocycles. The molecule has 0 spiro atoms. The van der Waals surface area contributed by atoms with Crippen molar-refractivity contribution in [3.05, 3.63) is 114 Å². The van der Waals surface area contributed by atoms with Crippen LogP contribution in [-0.2, 0) is 6.54 Å². The lowest BCUT2D eigenvalue weighted by Gasteiger charge is -2.40. The second-order valence-corrected chi connectivity index (χ2v) is 8.55. The summed E-state index contributed by atoms with van der Waals surface area (Å²) >= 11 is 0. The maximum absolute atomic E-state index is 6.51. The fraction of sp³-hybridized carbons (Fsp3) is 0.214. The van der Waals surface area contributed by atoms with Crippen LogP contribution in [0.25, 0.3) is 0 Å². The van der Waals surface area contributed by atoms with Crippen molar-refractivity contribution in [2.45, 2.75) is 12.6 Å². The molecule has 0 unspecified atom stereocenters. The quantitative estimate of drug-likeness (QED) is 0.429. The van der Waals surface area contributed by atoms with Crippen molar-refractivity contribution in [2.24, 2.45) is 0 Å². The van der Waals surface area contributed by atoms with Crippen LogP contribution in [-0.4, -0.2) is 41.0 Å². The molecule has 0 bridgehead atoms. The summed E-state index contributed by atoms with van der Waals surface area (Å²) in [6.07, 6.45) is 1.60. The molecule has 3 aromatic carbocycles. The number of anilines is 3. The number of nitrogen functional groups attached to an aromatic ring is 1. The minimum atomic E-state index is 0.232. The predicted octanol–water partition coefficient (Wildman–Crippen LogP) is 4.58. The lowest BCUT2D eigenvalue weighted by Crippen LogP contribution is -2.48. The third kappa shape index (κ3) is 4.87. The summed E-state index contributed by atoms with van der Waals surface area (Å²) in [6.45, 7) is 4.23. The molecule has 2 heterocycles. The number of nitrogens with two attached hydrogens (primary N) is 1. The molecule has 1 aliphatic heterocycles. The van der Waals surface area contributed by atoms with E-state index in [2.05, 4.69) is 97.9 Å². The molecule has 4 aromatic rings. The van der Waals surface area contributed by atoms with Crippen LogP contribution in [0.4, 0.5) is 17.3 Å². The number of aromatic nitrogens is 2. The highest BCUT2D eigenvalue weighted by atomic mass is 15.3. The highest BCUT2D eigenvalue weighted by Gasteiger charge is 2.28. The van der Waals surface area contributed by atoms with E-state index >= 15 is 0 Å². The standard InChI is InChI=1S/C28H30N6/c29-25-27(30-20-22-10-4-1-5-11-22)31-21-32-28(25)34-18-16-33(17-19-34)26(23-12-6-2-7-13-23)24-14-8-3-9-15-24/h1-15,21,26H,16-20,29H2,(H,30,31,32). The van der Waals surface area contributed by atoms with Crippen molar-refractivity contribution < 1.29 is 0 Å². The van der Waals surface area contributed by atoms with Crippen molar-refractivity contribution in [2.75, 3.05) is 42.1 Å². The van der Waals surface area contributed by atoms with Crippen molar-refractivity contribution in [3.63, 3.8) is 0 Å². The number of piperazine rings is 1. The van der Waals surface area contributed by atoms with Gasteiger partial charge in [0.25, 0.3) is 0 Å². The Kier molecular flexibility index (Phi) is 6.68. The SMILES string of the molecule is Nc1c(NCc2ccccc2)ncnc1N1CCN(C(c2ccccc2)c2ccccc2)CC1. The Hall–Kier alpha value is -3.90. The zero-order chi connectivity index (χ0) is 23.2. The number of rotatable bonds is 7. The minimum Gasteiger partial charge on any atom is -0.393 e. The van der Waals surface area contributed by atoms with Gasteiger partial charge in [0.15, 0.2) is 11.6 Å². The number of hydrogen-bond donors (Lipinski definition) is 2. The molecule has 1 aliphatic rings. The Morgan fingerprint density at radius 2 is 1.29 bits per heavy atom. The first-order valence-electron chi connectivity index (χ1n) is 11.8. The third-order valence-electron chi connectivity index (χ3n) is 6.38. The smallest absolute Gasteiger partial charge is 0.157 e. The van der Waals surface area contributed by atoms with Gasteiger partial charge in [-0.25, -0.2) is 9.97 Å². The Labute approximate surface area is 201 Å². The fourth-order valence-corrected chi connectivity index (χ4v) is 4.64. The molecule has 0 saturated carbocycles. The first-order valence-corrected chi connectivity index (χ1v) is 11.8. The van der Waals surface area contributed by atoms with Crippen molar-refractivity contribution in [1.29, 1.82) is 0 Å². The van der Waals surface area contributed by atoms with Gasteiger partial charge in [-0.1, -0.05) is 91.0 Å². The average molecular weight is 451 g/mol. The van der Waals surface area contributed by atoms with Crippen LogP contribution in [0.2, 0.25) is 0 Å². The summed E-state index contributed by atoms with van der Waals surface area (Å²) in [5, 5.41) is 3.37. The van der Waals surface area contributed by atoms with Gasteiger partial charge in [0.1, 0.15) is 12.0 Å². The Morgan fingerprint density at radius 3 is 1.88 bits per heavy atom. The lowest BCUT2D eigenvalue weighted by molar-refractivity contribution is 0.212. The molecule has 6 heteroatoms. The molecular weight excluding hydrogens is 420 g/mol. The van der Waals surface area contributed by atoms with Gasteiger partial charge in [-0.15, -0.1) is 0 Å². The van der Waals surface area contributed by atoms with E-state index in [4.69, 9.17) is 5.73 Å². The zero-order valence-electron chi connectivity index (χ0n) is 19.2. The van der Waals surface area contributed by atoms with E-state index < -0.39 is 0 Å². The monoisotopic (exact) mass is 450 g/mol. The maximum Gasteiger partial charge on any atom is 0.157 e. The molecule has 6 nitrogen and oxygen atoms in total. The Morgan fingerprint density at radius 1 is 0.735 bits per heavy atom. The van der Waals surface area contributed by atoms with Crippen LogP contribution in [0.15, 0.2) is 97.3 Å². The van der Waals surface area contributed by atoms with E-state index in [9.17, 15) is 0 Å². The molecule has 0 atom stereocenters. The minimum absolute atomic E-state index is 0.232. The second kappa shape index (κ2) is 10.4. The van der Waals surface area contributed by atoms with E-state index in [0.717, 1.165) is 32.0 Å². The molecule has 0 amide bonds. The Bertz CT molecular complexity index is 1140. The van der Waals surface area contributed by atoms with Crippen LogP contribution >= 0.6 is 0 Å². The van der Waals surface area contributed by atoms with Gasteiger partial charge >= 0.3 is 0 Å².